The van der Waals surface area contributed by atoms with Crippen LogP contribution in [-0.4, -0.2) is 38.1 Å². The molecule has 0 aliphatic carbocycles. The maximum Gasteiger partial charge on any atom is 0.203 e. The van der Waals surface area contributed by atoms with Gasteiger partial charge in [0.1, 0.15) is 0 Å². The summed E-state index contributed by atoms with van der Waals surface area (Å²) in [5.41, 5.74) is 3.06. The van der Waals surface area contributed by atoms with E-state index in [9.17, 15) is 10.2 Å². The lowest BCUT2D eigenvalue weighted by atomic mass is 9.89. The zero-order valence-corrected chi connectivity index (χ0v) is 15.9. The second-order valence-corrected chi connectivity index (χ2v) is 6.03. The van der Waals surface area contributed by atoms with Crippen molar-refractivity contribution in [3.8, 4) is 28.7 Å². The normalized spacial score (nSPS) is 15.6. The van der Waals surface area contributed by atoms with E-state index in [2.05, 4.69) is 5.32 Å². The zero-order chi connectivity index (χ0) is 18.0. The van der Waals surface area contributed by atoms with Gasteiger partial charge in [-0.1, -0.05) is 0 Å². The Morgan fingerprint density at radius 2 is 1.58 bits per heavy atom. The largest absolute Gasteiger partial charge is 0.504 e. The van der Waals surface area contributed by atoms with Gasteiger partial charge in [0, 0.05) is 6.04 Å². The molecule has 3 N–H and O–H groups in total. The van der Waals surface area contributed by atoms with Crippen molar-refractivity contribution in [2.45, 2.75) is 18.9 Å². The van der Waals surface area contributed by atoms with Crippen molar-refractivity contribution < 1.29 is 24.4 Å². The fourth-order valence-electron chi connectivity index (χ4n) is 3.34. The molecule has 2 aromatic carbocycles. The summed E-state index contributed by atoms with van der Waals surface area (Å²) in [4.78, 5) is 0. The summed E-state index contributed by atoms with van der Waals surface area (Å²) in [6.45, 7) is 0.812. The van der Waals surface area contributed by atoms with Crippen LogP contribution in [0, 0.1) is 0 Å². The summed E-state index contributed by atoms with van der Waals surface area (Å²) in [6.07, 6.45) is 1.50. The summed E-state index contributed by atoms with van der Waals surface area (Å²) in [6, 6.07) is 7.17. The maximum absolute atomic E-state index is 9.86. The van der Waals surface area contributed by atoms with Gasteiger partial charge in [-0.05, 0) is 60.3 Å². The number of phenols is 2. The monoisotopic (exact) mass is 381 g/mol. The summed E-state index contributed by atoms with van der Waals surface area (Å²) >= 11 is 0. The van der Waals surface area contributed by atoms with Crippen molar-refractivity contribution in [3.05, 3.63) is 41.0 Å². The molecule has 1 atom stereocenters. The number of hydrogen-bond acceptors (Lipinski definition) is 6. The van der Waals surface area contributed by atoms with Crippen LogP contribution in [0.2, 0.25) is 0 Å². The molecule has 0 unspecified atom stereocenters. The lowest BCUT2D eigenvalue weighted by Crippen LogP contribution is -2.31. The van der Waals surface area contributed by atoms with Crippen LogP contribution in [0.5, 0.6) is 28.7 Å². The van der Waals surface area contributed by atoms with Gasteiger partial charge in [-0.3, -0.25) is 0 Å². The minimum atomic E-state index is -0.0997. The summed E-state index contributed by atoms with van der Waals surface area (Å²) in [5, 5.41) is 23.1. The number of nitrogens with one attached hydrogen (secondary N) is 1. The summed E-state index contributed by atoms with van der Waals surface area (Å²) in [7, 11) is 4.76. The molecule has 0 amide bonds. The van der Waals surface area contributed by atoms with Crippen molar-refractivity contribution >= 4 is 12.4 Å². The molecule has 1 aliphatic rings. The van der Waals surface area contributed by atoms with Crippen LogP contribution in [0.15, 0.2) is 24.3 Å². The van der Waals surface area contributed by atoms with E-state index in [0.29, 0.717) is 23.7 Å². The molecule has 26 heavy (non-hydrogen) atoms. The van der Waals surface area contributed by atoms with Crippen molar-refractivity contribution in [3.63, 3.8) is 0 Å². The number of phenolic OH excluding ortho intramolecular Hbond substituents is 2. The predicted octanol–water partition coefficient (Wildman–Crippen LogP) is 2.97. The molecule has 2 aromatic rings. The topological polar surface area (TPSA) is 80.2 Å². The van der Waals surface area contributed by atoms with Gasteiger partial charge in [0.05, 0.1) is 21.3 Å². The van der Waals surface area contributed by atoms with E-state index in [1.54, 1.807) is 33.5 Å². The Morgan fingerprint density at radius 1 is 0.962 bits per heavy atom. The quantitative estimate of drug-likeness (QED) is 0.691. The number of benzene rings is 2. The highest BCUT2D eigenvalue weighted by atomic mass is 35.5. The van der Waals surface area contributed by atoms with Crippen LogP contribution >= 0.6 is 12.4 Å². The van der Waals surface area contributed by atoms with Gasteiger partial charge >= 0.3 is 0 Å². The maximum atomic E-state index is 9.86. The standard InChI is InChI=1S/C19H23NO5.ClH/c1-23-17-7-11(8-18(24-2)19(17)25-3)6-14-13-10-16(22)15(21)9-12(13)4-5-20-14;/h7-10,14,20-22H,4-6H2,1-3H3;1H/t14-;/m0./s1. The van der Waals surface area contributed by atoms with Gasteiger partial charge in [0.25, 0.3) is 0 Å². The van der Waals surface area contributed by atoms with Crippen molar-refractivity contribution in [1.29, 1.82) is 0 Å². The van der Waals surface area contributed by atoms with E-state index in [-0.39, 0.29) is 29.9 Å². The minimum absolute atomic E-state index is 0. The number of fused-ring (bicyclic) bond motifs is 1. The van der Waals surface area contributed by atoms with Crippen LogP contribution in [0.4, 0.5) is 0 Å². The van der Waals surface area contributed by atoms with Crippen molar-refractivity contribution in [2.24, 2.45) is 0 Å². The third-order valence-corrected chi connectivity index (χ3v) is 4.56. The van der Waals surface area contributed by atoms with E-state index >= 15 is 0 Å². The third kappa shape index (κ3) is 3.76. The predicted molar refractivity (Wildman–Crippen MR) is 101 cm³/mol. The summed E-state index contributed by atoms with van der Waals surface area (Å²) < 4.78 is 16.2. The van der Waals surface area contributed by atoms with Crippen molar-refractivity contribution in [2.75, 3.05) is 27.9 Å². The molecule has 0 radical (unpaired) electrons. The molecular formula is C19H24ClNO5. The Morgan fingerprint density at radius 3 is 2.15 bits per heavy atom. The van der Waals surface area contributed by atoms with Crippen LogP contribution in [0.3, 0.4) is 0 Å². The Hall–Kier alpha value is -2.31. The fraction of sp³-hybridized carbons (Fsp3) is 0.368. The fourth-order valence-corrected chi connectivity index (χ4v) is 3.34. The number of hydrogen-bond donors (Lipinski definition) is 3. The first-order valence-electron chi connectivity index (χ1n) is 8.14. The van der Waals surface area contributed by atoms with E-state index < -0.39 is 0 Å². The Bertz CT molecular complexity index is 756. The molecule has 0 bridgehead atoms. The number of halogens is 1. The molecule has 142 valence electrons. The molecule has 0 spiro atoms. The van der Waals surface area contributed by atoms with Crippen LogP contribution in [0.1, 0.15) is 22.7 Å². The van der Waals surface area contributed by atoms with Gasteiger partial charge in [-0.15, -0.1) is 12.4 Å². The molecule has 6 nitrogen and oxygen atoms in total. The lowest BCUT2D eigenvalue weighted by molar-refractivity contribution is 0.323. The average molecular weight is 382 g/mol. The average Bonchev–Trinajstić information content (AvgIpc) is 2.62. The third-order valence-electron chi connectivity index (χ3n) is 4.56. The Balaban J connectivity index is 0.00000243. The summed E-state index contributed by atoms with van der Waals surface area (Å²) in [5.74, 6) is 1.61. The Labute approximate surface area is 159 Å². The first-order valence-corrected chi connectivity index (χ1v) is 8.14. The molecule has 0 saturated carbocycles. The minimum Gasteiger partial charge on any atom is -0.504 e. The number of methoxy groups -OCH3 is 3. The van der Waals surface area contributed by atoms with Gasteiger partial charge in [0.15, 0.2) is 23.0 Å². The molecule has 1 heterocycles. The highest BCUT2D eigenvalue weighted by molar-refractivity contribution is 5.85. The van der Waals surface area contributed by atoms with Crippen molar-refractivity contribution in [1.82, 2.24) is 5.32 Å². The number of rotatable bonds is 5. The number of aromatic hydroxyl groups is 2. The van der Waals surface area contributed by atoms with Crippen LogP contribution in [0.25, 0.3) is 0 Å². The highest BCUT2D eigenvalue weighted by Crippen LogP contribution is 2.40. The highest BCUT2D eigenvalue weighted by Gasteiger charge is 2.23. The second-order valence-electron chi connectivity index (χ2n) is 6.03. The molecule has 3 rings (SSSR count). The van der Waals surface area contributed by atoms with E-state index in [1.807, 2.05) is 12.1 Å². The van der Waals surface area contributed by atoms with E-state index in [4.69, 9.17) is 14.2 Å². The molecule has 7 heteroatoms. The Kier molecular flexibility index (Phi) is 6.45. The lowest BCUT2D eigenvalue weighted by Gasteiger charge is -2.28. The zero-order valence-electron chi connectivity index (χ0n) is 15.0. The first kappa shape index (κ1) is 20.0. The molecule has 0 aromatic heterocycles. The number of ether oxygens (including phenoxy) is 3. The molecule has 0 fully saturated rings. The second kappa shape index (κ2) is 8.38. The van der Waals surface area contributed by atoms with Gasteiger partial charge < -0.3 is 29.7 Å². The molecular weight excluding hydrogens is 358 g/mol. The van der Waals surface area contributed by atoms with E-state index in [0.717, 1.165) is 29.7 Å². The SMILES string of the molecule is COc1cc(C[C@@H]2NCCc3cc(O)c(O)cc32)cc(OC)c1OC.Cl. The van der Waals surface area contributed by atoms with Gasteiger partial charge in [-0.2, -0.15) is 0 Å². The van der Waals surface area contributed by atoms with E-state index in [1.165, 1.54) is 0 Å². The van der Waals surface area contributed by atoms with Gasteiger partial charge in [-0.25, -0.2) is 0 Å². The van der Waals surface area contributed by atoms with Gasteiger partial charge in [0.2, 0.25) is 5.75 Å². The smallest absolute Gasteiger partial charge is 0.203 e. The molecule has 1 aliphatic heterocycles. The molecule has 0 saturated heterocycles. The van der Waals surface area contributed by atoms with Crippen LogP contribution in [-0.2, 0) is 12.8 Å². The van der Waals surface area contributed by atoms with Crippen LogP contribution < -0.4 is 19.5 Å². The first-order chi connectivity index (χ1) is 12.1.